The summed E-state index contributed by atoms with van der Waals surface area (Å²) >= 11 is 0. The smallest absolute Gasteiger partial charge is 0.329 e. The van der Waals surface area contributed by atoms with Gasteiger partial charge in [0.05, 0.1) is 0 Å². The predicted molar refractivity (Wildman–Crippen MR) is 90.3 cm³/mol. The van der Waals surface area contributed by atoms with Crippen LogP contribution in [0.5, 0.6) is 0 Å². The van der Waals surface area contributed by atoms with Gasteiger partial charge in [0.2, 0.25) is 0 Å². The lowest BCUT2D eigenvalue weighted by Crippen LogP contribution is -2.45. The van der Waals surface area contributed by atoms with E-state index in [0.717, 1.165) is 11.0 Å². The maximum absolute atomic E-state index is 12.4. The number of nitrogens with one attached hydrogen (secondary N) is 2. The maximum Gasteiger partial charge on any atom is 0.329 e. The van der Waals surface area contributed by atoms with Crippen LogP contribution in [0.25, 0.3) is 0 Å². The number of aromatic nitrogens is 2. The van der Waals surface area contributed by atoms with E-state index in [1.165, 1.54) is 17.4 Å². The van der Waals surface area contributed by atoms with E-state index in [1.54, 1.807) is 0 Å². The Morgan fingerprint density at radius 1 is 1.21 bits per heavy atom. The van der Waals surface area contributed by atoms with Crippen LogP contribution < -0.4 is 20.9 Å². The largest absolute Gasteiger partial charge is 0.356 e. The summed E-state index contributed by atoms with van der Waals surface area (Å²) in [5.74, 6) is 0.812. The molecule has 2 N–H and O–H groups in total. The second-order valence-electron chi connectivity index (χ2n) is 6.66. The van der Waals surface area contributed by atoms with Gasteiger partial charge in [-0.2, -0.15) is 17.4 Å². The molecular weight excluding hydrogens is 334 g/mol. The zero-order chi connectivity index (χ0) is 17.5. The van der Waals surface area contributed by atoms with Crippen molar-refractivity contribution in [3.8, 4) is 0 Å². The number of hydrogen-bond acceptors (Lipinski definition) is 5. The summed E-state index contributed by atoms with van der Waals surface area (Å²) in [6.45, 7) is 4.14. The van der Waals surface area contributed by atoms with Gasteiger partial charge in [-0.05, 0) is 18.8 Å². The minimum absolute atomic E-state index is 0.238. The van der Waals surface area contributed by atoms with E-state index in [0.29, 0.717) is 44.3 Å². The molecule has 0 aliphatic carbocycles. The molecule has 134 valence electrons. The summed E-state index contributed by atoms with van der Waals surface area (Å²) in [5.41, 5.74) is -0.864. The molecule has 2 atom stereocenters. The number of aromatic amines is 1. The van der Waals surface area contributed by atoms with Gasteiger partial charge in [0, 0.05) is 45.3 Å². The van der Waals surface area contributed by atoms with Gasteiger partial charge in [-0.25, -0.2) is 4.79 Å². The van der Waals surface area contributed by atoms with Gasteiger partial charge in [0.1, 0.15) is 5.82 Å². The number of nitrogens with zero attached hydrogens (tertiary/aromatic N) is 3. The molecule has 9 nitrogen and oxygen atoms in total. The van der Waals surface area contributed by atoms with Crippen molar-refractivity contribution in [3.05, 3.63) is 26.9 Å². The number of H-pyrrole nitrogens is 1. The van der Waals surface area contributed by atoms with Crippen molar-refractivity contribution in [2.75, 3.05) is 31.1 Å². The van der Waals surface area contributed by atoms with Crippen LogP contribution in [0.3, 0.4) is 0 Å². The second kappa shape index (κ2) is 6.34. The van der Waals surface area contributed by atoms with Gasteiger partial charge in [0.15, 0.2) is 0 Å². The van der Waals surface area contributed by atoms with E-state index < -0.39 is 15.9 Å². The number of rotatable bonds is 4. The maximum atomic E-state index is 12.4. The Bertz CT molecular complexity index is 799. The fraction of sp³-hybridized carbons (Fsp3) is 0.714. The fourth-order valence-corrected chi connectivity index (χ4v) is 4.75. The van der Waals surface area contributed by atoms with Crippen molar-refractivity contribution in [2.45, 2.75) is 25.8 Å². The average Bonchev–Trinajstić information content (AvgIpc) is 3.13. The molecule has 2 saturated heterocycles. The van der Waals surface area contributed by atoms with Crippen molar-refractivity contribution >= 4 is 16.0 Å². The van der Waals surface area contributed by atoms with Crippen molar-refractivity contribution in [1.29, 1.82) is 0 Å². The van der Waals surface area contributed by atoms with Crippen LogP contribution in [-0.2, 0) is 17.3 Å². The Balaban J connectivity index is 1.68. The zero-order valence-electron chi connectivity index (χ0n) is 13.9. The lowest BCUT2D eigenvalue weighted by Gasteiger charge is -2.21. The highest BCUT2D eigenvalue weighted by atomic mass is 32.2. The van der Waals surface area contributed by atoms with E-state index in [-0.39, 0.29) is 11.6 Å². The summed E-state index contributed by atoms with van der Waals surface area (Å²) in [5, 5.41) is 0. The van der Waals surface area contributed by atoms with Gasteiger partial charge in [-0.3, -0.25) is 14.3 Å². The molecule has 2 aliphatic heterocycles. The van der Waals surface area contributed by atoms with Gasteiger partial charge in [0.25, 0.3) is 15.8 Å². The Kier molecular flexibility index (Phi) is 4.54. The van der Waals surface area contributed by atoms with Gasteiger partial charge in [-0.15, -0.1) is 0 Å². The molecule has 0 bridgehead atoms. The molecule has 0 spiro atoms. The normalized spacial score (nSPS) is 25.5. The molecule has 0 amide bonds. The monoisotopic (exact) mass is 357 g/mol. The molecule has 0 saturated carbocycles. The highest BCUT2D eigenvalue weighted by Crippen LogP contribution is 2.20. The first-order chi connectivity index (χ1) is 11.3. The lowest BCUT2D eigenvalue weighted by molar-refractivity contribution is 0.445. The summed E-state index contributed by atoms with van der Waals surface area (Å²) in [6, 6.07) is 1.12. The minimum Gasteiger partial charge on any atom is -0.356 e. The standard InChI is InChI=1S/C14H23N5O4S/c1-10-3-6-19(8-10)24(22,23)16-11-4-5-18(9-11)12-7-13(20)17(2)14(21)15-12/h7,10-11,16H,3-6,8-9H2,1-2H3,(H,15,21)/t10?,11-/m1/s1. The molecule has 2 fully saturated rings. The molecule has 10 heteroatoms. The molecule has 1 aromatic rings. The average molecular weight is 357 g/mol. The predicted octanol–water partition coefficient (Wildman–Crippen LogP) is -1.17. The van der Waals surface area contributed by atoms with Crippen LogP contribution in [0.1, 0.15) is 19.8 Å². The highest BCUT2D eigenvalue weighted by Gasteiger charge is 2.33. The topological polar surface area (TPSA) is 108 Å². The third-order valence-electron chi connectivity index (χ3n) is 4.70. The number of anilines is 1. The third kappa shape index (κ3) is 3.40. The van der Waals surface area contributed by atoms with Gasteiger partial charge < -0.3 is 4.90 Å². The fourth-order valence-electron chi connectivity index (χ4n) is 3.19. The lowest BCUT2D eigenvalue weighted by atomic mass is 10.2. The van der Waals surface area contributed by atoms with Crippen LogP contribution in [0.2, 0.25) is 0 Å². The summed E-state index contributed by atoms with van der Waals surface area (Å²) in [6.07, 6.45) is 1.51. The first kappa shape index (κ1) is 17.2. The molecule has 1 unspecified atom stereocenters. The molecule has 0 radical (unpaired) electrons. The summed E-state index contributed by atoms with van der Waals surface area (Å²) in [7, 11) is -2.08. The Morgan fingerprint density at radius 3 is 2.58 bits per heavy atom. The van der Waals surface area contributed by atoms with E-state index in [9.17, 15) is 18.0 Å². The van der Waals surface area contributed by atoms with E-state index in [2.05, 4.69) is 9.71 Å². The zero-order valence-corrected chi connectivity index (χ0v) is 14.7. The Labute approximate surface area is 140 Å². The van der Waals surface area contributed by atoms with Crippen molar-refractivity contribution in [2.24, 2.45) is 13.0 Å². The summed E-state index contributed by atoms with van der Waals surface area (Å²) < 4.78 is 30.1. The Hall–Kier alpha value is -1.65. The molecule has 0 aromatic carbocycles. The second-order valence-corrected chi connectivity index (χ2v) is 8.37. The van der Waals surface area contributed by atoms with Gasteiger partial charge >= 0.3 is 5.69 Å². The quantitative estimate of drug-likeness (QED) is 0.706. The molecule has 24 heavy (non-hydrogen) atoms. The molecule has 1 aromatic heterocycles. The van der Waals surface area contributed by atoms with Crippen molar-refractivity contribution < 1.29 is 8.42 Å². The van der Waals surface area contributed by atoms with Crippen LogP contribution in [-0.4, -0.2) is 54.5 Å². The minimum atomic E-state index is -3.49. The van der Waals surface area contributed by atoms with Crippen LogP contribution in [0.15, 0.2) is 15.7 Å². The van der Waals surface area contributed by atoms with E-state index in [4.69, 9.17) is 0 Å². The molecule has 3 rings (SSSR count). The summed E-state index contributed by atoms with van der Waals surface area (Å²) in [4.78, 5) is 27.9. The third-order valence-corrected chi connectivity index (χ3v) is 6.34. The van der Waals surface area contributed by atoms with Crippen molar-refractivity contribution in [3.63, 3.8) is 0 Å². The molecule has 3 heterocycles. The van der Waals surface area contributed by atoms with Crippen molar-refractivity contribution in [1.82, 2.24) is 18.6 Å². The van der Waals surface area contributed by atoms with Crippen LogP contribution in [0, 0.1) is 5.92 Å². The van der Waals surface area contributed by atoms with E-state index in [1.807, 2.05) is 11.8 Å². The van der Waals surface area contributed by atoms with Gasteiger partial charge in [-0.1, -0.05) is 6.92 Å². The SMILES string of the molecule is CC1CCN(S(=O)(=O)N[C@@H]2CCN(c3cc(=O)n(C)c(=O)[nH]3)C2)C1. The Morgan fingerprint density at radius 2 is 1.96 bits per heavy atom. The number of hydrogen-bond donors (Lipinski definition) is 2. The first-order valence-corrected chi connectivity index (χ1v) is 9.53. The highest BCUT2D eigenvalue weighted by molar-refractivity contribution is 7.87. The van der Waals surface area contributed by atoms with E-state index >= 15 is 0 Å². The van der Waals surface area contributed by atoms with Crippen LogP contribution >= 0.6 is 0 Å². The molecular formula is C14H23N5O4S. The molecule has 2 aliphatic rings. The van der Waals surface area contributed by atoms with Crippen LogP contribution in [0.4, 0.5) is 5.82 Å². The first-order valence-electron chi connectivity index (χ1n) is 8.09.